The Morgan fingerprint density at radius 2 is 1.85 bits per heavy atom. The van der Waals surface area contributed by atoms with E-state index < -0.39 is 18.0 Å². The van der Waals surface area contributed by atoms with Gasteiger partial charge < -0.3 is 18.9 Å². The van der Waals surface area contributed by atoms with Gasteiger partial charge in [-0.2, -0.15) is 0 Å². The number of methoxy groups -OCH3 is 2. The number of nitrogens with zero attached hydrogens (tertiary/aromatic N) is 2. The van der Waals surface area contributed by atoms with E-state index in [1.165, 1.54) is 29.9 Å². The van der Waals surface area contributed by atoms with Crippen LogP contribution in [-0.4, -0.2) is 37.3 Å². The summed E-state index contributed by atoms with van der Waals surface area (Å²) in [4.78, 5) is 44.2. The second-order valence-corrected chi connectivity index (χ2v) is 9.66. The van der Waals surface area contributed by atoms with Crippen LogP contribution in [0.5, 0.6) is 17.2 Å². The zero-order chi connectivity index (χ0) is 28.1. The van der Waals surface area contributed by atoms with E-state index in [1.807, 2.05) is 6.92 Å². The summed E-state index contributed by atoms with van der Waals surface area (Å²) in [6.07, 6.45) is 2.90. The molecule has 0 bridgehead atoms. The third kappa shape index (κ3) is 5.65. The first-order valence-corrected chi connectivity index (χ1v) is 13.4. The van der Waals surface area contributed by atoms with E-state index in [-0.39, 0.29) is 17.7 Å². The smallest absolute Gasteiger partial charge is 0.338 e. The molecule has 0 amide bonds. The van der Waals surface area contributed by atoms with Crippen molar-refractivity contribution in [1.29, 1.82) is 0 Å². The Kier molecular flexibility index (Phi) is 8.65. The van der Waals surface area contributed by atoms with E-state index >= 15 is 0 Å². The molecule has 2 heterocycles. The fourth-order valence-electron chi connectivity index (χ4n) is 4.46. The molecule has 10 heteroatoms. The predicted molar refractivity (Wildman–Crippen MR) is 147 cm³/mol. The van der Waals surface area contributed by atoms with Crippen LogP contribution >= 0.6 is 11.3 Å². The van der Waals surface area contributed by atoms with Gasteiger partial charge in [0.05, 0.1) is 36.6 Å². The van der Waals surface area contributed by atoms with Gasteiger partial charge in [-0.1, -0.05) is 42.9 Å². The summed E-state index contributed by atoms with van der Waals surface area (Å²) >= 11 is 1.19. The number of rotatable bonds is 9. The minimum Gasteiger partial charge on any atom is -0.497 e. The summed E-state index contributed by atoms with van der Waals surface area (Å²) in [6, 6.07) is 11.3. The lowest BCUT2D eigenvalue weighted by atomic mass is 9.93. The molecule has 4 rings (SSSR count). The molecule has 1 aliphatic heterocycles. The highest BCUT2D eigenvalue weighted by Crippen LogP contribution is 2.38. The first-order valence-electron chi connectivity index (χ1n) is 12.5. The highest BCUT2D eigenvalue weighted by molar-refractivity contribution is 7.07. The van der Waals surface area contributed by atoms with E-state index in [0.29, 0.717) is 49.8 Å². The number of carbonyl (C=O) groups is 2. The largest absolute Gasteiger partial charge is 0.497 e. The molecule has 9 nitrogen and oxygen atoms in total. The van der Waals surface area contributed by atoms with E-state index in [1.54, 1.807) is 62.6 Å². The molecule has 0 fully saturated rings. The quantitative estimate of drug-likeness (QED) is 0.297. The molecule has 3 aromatic rings. The van der Waals surface area contributed by atoms with Crippen molar-refractivity contribution in [3.8, 4) is 17.2 Å². The number of benzene rings is 2. The molecule has 204 valence electrons. The van der Waals surface area contributed by atoms with Gasteiger partial charge in [-0.15, -0.1) is 0 Å². The lowest BCUT2D eigenvalue weighted by molar-refractivity contribution is -0.139. The lowest BCUT2D eigenvalue weighted by Gasteiger charge is -2.27. The molecule has 0 saturated carbocycles. The molecule has 1 aliphatic rings. The molecular formula is C29H30N2O7S. The van der Waals surface area contributed by atoms with Crippen molar-refractivity contribution in [3.05, 3.63) is 84.5 Å². The number of hydrogen-bond donors (Lipinski definition) is 0. The van der Waals surface area contributed by atoms with Crippen LogP contribution in [0.25, 0.3) is 6.08 Å². The van der Waals surface area contributed by atoms with Crippen molar-refractivity contribution in [2.75, 3.05) is 20.8 Å². The fourth-order valence-corrected chi connectivity index (χ4v) is 5.47. The number of carbonyl (C=O) groups excluding carboxylic acids is 2. The molecule has 2 aromatic carbocycles. The van der Waals surface area contributed by atoms with Crippen LogP contribution in [0, 0.1) is 0 Å². The number of aromatic nitrogens is 1. The number of ether oxygens (including phenoxy) is 4. The Hall–Kier alpha value is -4.18. The average molecular weight is 551 g/mol. The van der Waals surface area contributed by atoms with Crippen molar-refractivity contribution >= 4 is 29.4 Å². The zero-order valence-electron chi connectivity index (χ0n) is 22.5. The lowest BCUT2D eigenvalue weighted by Crippen LogP contribution is -2.40. The average Bonchev–Trinajstić information content (AvgIpc) is 3.23. The van der Waals surface area contributed by atoms with Crippen LogP contribution in [0.2, 0.25) is 0 Å². The van der Waals surface area contributed by atoms with Gasteiger partial charge >= 0.3 is 11.9 Å². The number of allylic oxidation sites excluding steroid dienone is 1. The van der Waals surface area contributed by atoms with Gasteiger partial charge in [0.25, 0.3) is 5.56 Å². The number of hydrogen-bond acceptors (Lipinski definition) is 9. The Morgan fingerprint density at radius 1 is 1.08 bits per heavy atom. The van der Waals surface area contributed by atoms with Crippen molar-refractivity contribution in [1.82, 2.24) is 4.57 Å². The number of esters is 2. The number of thiazole rings is 1. The topological polar surface area (TPSA) is 105 Å². The normalized spacial score (nSPS) is 14.9. The first-order chi connectivity index (χ1) is 18.8. The van der Waals surface area contributed by atoms with Crippen molar-refractivity contribution in [2.45, 2.75) is 39.7 Å². The van der Waals surface area contributed by atoms with Gasteiger partial charge in [0.1, 0.15) is 23.3 Å². The third-order valence-corrected chi connectivity index (χ3v) is 7.07. The Labute approximate surface area is 229 Å². The van der Waals surface area contributed by atoms with Crippen molar-refractivity contribution in [3.63, 3.8) is 0 Å². The highest BCUT2D eigenvalue weighted by atomic mass is 32.1. The summed E-state index contributed by atoms with van der Waals surface area (Å²) < 4.78 is 23.8. The number of para-hydroxylation sites is 1. The minimum absolute atomic E-state index is 0.168. The van der Waals surface area contributed by atoms with Gasteiger partial charge in [-0.25, -0.2) is 9.79 Å². The molecule has 0 unspecified atom stereocenters. The van der Waals surface area contributed by atoms with Crippen LogP contribution in [-0.2, 0) is 14.3 Å². The summed E-state index contributed by atoms with van der Waals surface area (Å²) in [5, 5.41) is 0. The monoisotopic (exact) mass is 550 g/mol. The van der Waals surface area contributed by atoms with Crippen LogP contribution < -0.4 is 29.1 Å². The van der Waals surface area contributed by atoms with Gasteiger partial charge in [0, 0.05) is 18.1 Å². The maximum absolute atomic E-state index is 14.0. The van der Waals surface area contributed by atoms with Crippen LogP contribution in [0.3, 0.4) is 0 Å². The first kappa shape index (κ1) is 27.8. The Morgan fingerprint density at radius 3 is 2.51 bits per heavy atom. The number of fused-ring (bicyclic) bond motifs is 1. The molecule has 39 heavy (non-hydrogen) atoms. The van der Waals surface area contributed by atoms with E-state index in [9.17, 15) is 14.4 Å². The second-order valence-electron chi connectivity index (χ2n) is 8.65. The van der Waals surface area contributed by atoms with E-state index in [4.69, 9.17) is 23.9 Å². The SMILES string of the molecule is CCCC1=C(C(=O)OCC)[C@@H](c2cc(OC)ccc2OC)n2c(sc(=Cc3ccccc3OC(C)=O)c2=O)=N1. The summed E-state index contributed by atoms with van der Waals surface area (Å²) in [7, 11) is 3.07. The van der Waals surface area contributed by atoms with Gasteiger partial charge in [-0.05, 0) is 43.7 Å². The fraction of sp³-hybridized carbons (Fsp3) is 0.310. The molecule has 0 saturated heterocycles. The molecule has 0 radical (unpaired) electrons. The second kappa shape index (κ2) is 12.1. The summed E-state index contributed by atoms with van der Waals surface area (Å²) in [6.45, 7) is 5.21. The molecule has 0 N–H and O–H groups in total. The third-order valence-electron chi connectivity index (χ3n) is 6.08. The molecular weight excluding hydrogens is 520 g/mol. The highest BCUT2D eigenvalue weighted by Gasteiger charge is 2.36. The molecule has 0 spiro atoms. The molecule has 1 atom stereocenters. The maximum Gasteiger partial charge on any atom is 0.338 e. The zero-order valence-corrected chi connectivity index (χ0v) is 23.3. The van der Waals surface area contributed by atoms with Crippen LogP contribution in [0.15, 0.2) is 63.5 Å². The Balaban J connectivity index is 2.05. The molecule has 0 aliphatic carbocycles. The maximum atomic E-state index is 14.0. The predicted octanol–water partition coefficient (Wildman–Crippen LogP) is 3.52. The van der Waals surface area contributed by atoms with E-state index in [0.717, 1.165) is 6.42 Å². The van der Waals surface area contributed by atoms with Crippen LogP contribution in [0.1, 0.15) is 50.8 Å². The standard InChI is InChI=1S/C29H30N2O7S/c1-6-10-21-25(28(34)37-7-2)26(20-16-19(35-4)13-14-23(20)36-5)31-27(33)24(39-29(31)30-21)15-18-11-8-9-12-22(18)38-17(3)32/h8-9,11-16,26H,6-7,10H2,1-5H3/t26-/m1/s1. The van der Waals surface area contributed by atoms with Gasteiger partial charge in [0.15, 0.2) is 4.80 Å². The molecule has 1 aromatic heterocycles. The Bertz CT molecular complexity index is 1620. The van der Waals surface area contributed by atoms with E-state index in [2.05, 4.69) is 0 Å². The van der Waals surface area contributed by atoms with Crippen LogP contribution in [0.4, 0.5) is 0 Å². The van der Waals surface area contributed by atoms with Gasteiger partial charge in [0.2, 0.25) is 0 Å². The summed E-state index contributed by atoms with van der Waals surface area (Å²) in [5.74, 6) is 0.344. The van der Waals surface area contributed by atoms with Crippen molar-refractivity contribution < 1.29 is 28.5 Å². The van der Waals surface area contributed by atoms with Crippen molar-refractivity contribution in [2.24, 2.45) is 4.99 Å². The van der Waals surface area contributed by atoms with Gasteiger partial charge in [-0.3, -0.25) is 14.2 Å². The minimum atomic E-state index is -0.863. The summed E-state index contributed by atoms with van der Waals surface area (Å²) in [5.41, 5.74) is 1.61.